The van der Waals surface area contributed by atoms with Gasteiger partial charge in [0.1, 0.15) is 0 Å². The third-order valence-electron chi connectivity index (χ3n) is 6.32. The van der Waals surface area contributed by atoms with Gasteiger partial charge in [0, 0.05) is 36.4 Å². The molecule has 22 heavy (non-hydrogen) atoms. The highest BCUT2D eigenvalue weighted by atomic mass is 15.2. The van der Waals surface area contributed by atoms with Crippen LogP contribution in [0, 0.1) is 0 Å². The number of benzene rings is 2. The Bertz CT molecular complexity index is 726. The van der Waals surface area contributed by atoms with Crippen molar-refractivity contribution in [1.82, 2.24) is 4.90 Å². The van der Waals surface area contributed by atoms with Gasteiger partial charge in [0.05, 0.1) is 0 Å². The van der Waals surface area contributed by atoms with Crippen LogP contribution in [0.4, 0.5) is 0 Å². The van der Waals surface area contributed by atoms with Gasteiger partial charge in [-0.1, -0.05) is 48.5 Å². The van der Waals surface area contributed by atoms with Gasteiger partial charge in [-0.15, -0.1) is 0 Å². The van der Waals surface area contributed by atoms with Crippen LogP contribution in [0.15, 0.2) is 48.5 Å². The SMILES string of the molecule is CC(C)N1CC2c3ccccc3C3CC1C2c1ccccc13. The molecule has 1 fully saturated rings. The zero-order valence-corrected chi connectivity index (χ0v) is 13.4. The molecule has 3 aliphatic rings. The van der Waals surface area contributed by atoms with Gasteiger partial charge in [-0.25, -0.2) is 0 Å². The van der Waals surface area contributed by atoms with Crippen molar-refractivity contribution in [2.24, 2.45) is 0 Å². The second-order valence-electron chi connectivity index (χ2n) is 7.54. The molecule has 1 nitrogen and oxygen atoms in total. The standard InChI is InChI=1S/C21H23N/c1-13(2)22-12-19-15-8-4-3-7-14(15)18-11-20(22)21(19)17-10-6-5-9-16(17)18/h3-10,13,18-21H,11-12H2,1-2H3. The highest BCUT2D eigenvalue weighted by molar-refractivity contribution is 5.53. The second kappa shape index (κ2) is 4.45. The zero-order chi connectivity index (χ0) is 14.8. The van der Waals surface area contributed by atoms with E-state index in [0.29, 0.717) is 23.8 Å². The van der Waals surface area contributed by atoms with Crippen molar-refractivity contribution in [2.75, 3.05) is 6.54 Å². The highest BCUT2D eigenvalue weighted by Crippen LogP contribution is 2.58. The molecule has 2 bridgehead atoms. The summed E-state index contributed by atoms with van der Waals surface area (Å²) in [6.45, 7) is 5.95. The van der Waals surface area contributed by atoms with Crippen LogP contribution in [0.3, 0.4) is 0 Å². The minimum Gasteiger partial charge on any atom is -0.297 e. The van der Waals surface area contributed by atoms with Crippen molar-refractivity contribution < 1.29 is 0 Å². The average Bonchev–Trinajstić information content (AvgIpc) is 2.82. The summed E-state index contributed by atoms with van der Waals surface area (Å²) >= 11 is 0. The van der Waals surface area contributed by atoms with E-state index in [1.54, 1.807) is 22.3 Å². The van der Waals surface area contributed by atoms with Crippen molar-refractivity contribution in [3.05, 3.63) is 70.8 Å². The van der Waals surface area contributed by atoms with Crippen molar-refractivity contribution in [3.63, 3.8) is 0 Å². The molecule has 4 atom stereocenters. The molecule has 0 amide bonds. The van der Waals surface area contributed by atoms with Gasteiger partial charge >= 0.3 is 0 Å². The normalized spacial score (nSPS) is 32.0. The molecule has 0 N–H and O–H groups in total. The van der Waals surface area contributed by atoms with Gasteiger partial charge in [0.15, 0.2) is 0 Å². The fraction of sp³-hybridized carbons (Fsp3) is 0.429. The predicted octanol–water partition coefficient (Wildman–Crippen LogP) is 4.50. The maximum absolute atomic E-state index is 2.77. The smallest absolute Gasteiger partial charge is 0.0182 e. The van der Waals surface area contributed by atoms with E-state index in [1.165, 1.54) is 13.0 Å². The lowest BCUT2D eigenvalue weighted by Gasteiger charge is -2.38. The number of nitrogens with zero attached hydrogens (tertiary/aromatic N) is 1. The summed E-state index contributed by atoms with van der Waals surface area (Å²) in [7, 11) is 0. The van der Waals surface area contributed by atoms with Crippen LogP contribution in [0.1, 0.15) is 60.3 Å². The van der Waals surface area contributed by atoms with Crippen LogP contribution in [0.2, 0.25) is 0 Å². The molecule has 1 heterocycles. The Hall–Kier alpha value is -1.60. The fourth-order valence-corrected chi connectivity index (χ4v) is 5.50. The molecule has 0 spiro atoms. The van der Waals surface area contributed by atoms with Crippen LogP contribution in [0.25, 0.3) is 0 Å². The van der Waals surface area contributed by atoms with E-state index in [9.17, 15) is 0 Å². The molecule has 1 aliphatic heterocycles. The minimum absolute atomic E-state index is 0.597. The molecule has 1 heteroatoms. The molecular weight excluding hydrogens is 266 g/mol. The van der Waals surface area contributed by atoms with Crippen LogP contribution in [-0.4, -0.2) is 23.5 Å². The predicted molar refractivity (Wildman–Crippen MR) is 90.5 cm³/mol. The van der Waals surface area contributed by atoms with E-state index in [0.717, 1.165) is 6.04 Å². The van der Waals surface area contributed by atoms with Crippen LogP contribution >= 0.6 is 0 Å². The quantitative estimate of drug-likeness (QED) is 0.747. The van der Waals surface area contributed by atoms with E-state index < -0.39 is 0 Å². The van der Waals surface area contributed by atoms with E-state index >= 15 is 0 Å². The lowest BCUT2D eigenvalue weighted by Crippen LogP contribution is -2.40. The number of rotatable bonds is 1. The number of fused-ring (bicyclic) bond motifs is 3. The first-order valence-corrected chi connectivity index (χ1v) is 8.69. The zero-order valence-electron chi connectivity index (χ0n) is 13.4. The summed E-state index contributed by atoms with van der Waals surface area (Å²) in [4.78, 5) is 2.77. The minimum atomic E-state index is 0.597. The van der Waals surface area contributed by atoms with Crippen molar-refractivity contribution in [3.8, 4) is 0 Å². The first kappa shape index (κ1) is 12.9. The maximum Gasteiger partial charge on any atom is 0.0182 e. The first-order chi connectivity index (χ1) is 10.8. The van der Waals surface area contributed by atoms with E-state index in [-0.39, 0.29) is 0 Å². The average molecular weight is 289 g/mol. The monoisotopic (exact) mass is 289 g/mol. The summed E-state index contributed by atoms with van der Waals surface area (Å²) in [5.74, 6) is 1.97. The van der Waals surface area contributed by atoms with Gasteiger partial charge in [-0.3, -0.25) is 4.90 Å². The topological polar surface area (TPSA) is 3.24 Å². The third-order valence-corrected chi connectivity index (χ3v) is 6.32. The molecule has 2 aromatic carbocycles. The second-order valence-corrected chi connectivity index (χ2v) is 7.54. The fourth-order valence-electron chi connectivity index (χ4n) is 5.50. The summed E-state index contributed by atoms with van der Waals surface area (Å²) in [5, 5.41) is 0. The molecule has 0 saturated carbocycles. The van der Waals surface area contributed by atoms with Crippen LogP contribution in [0.5, 0.6) is 0 Å². The maximum atomic E-state index is 2.77. The summed E-state index contributed by atoms with van der Waals surface area (Å²) in [6, 6.07) is 19.9. The summed E-state index contributed by atoms with van der Waals surface area (Å²) in [5.41, 5.74) is 6.46. The largest absolute Gasteiger partial charge is 0.297 e. The Morgan fingerprint density at radius 1 is 0.864 bits per heavy atom. The first-order valence-electron chi connectivity index (χ1n) is 8.69. The molecule has 0 aromatic heterocycles. The Morgan fingerprint density at radius 2 is 1.45 bits per heavy atom. The van der Waals surface area contributed by atoms with Crippen LogP contribution < -0.4 is 0 Å². The van der Waals surface area contributed by atoms with Gasteiger partial charge in [0.2, 0.25) is 0 Å². The lowest BCUT2D eigenvalue weighted by atomic mass is 9.73. The Labute approximate surface area is 133 Å². The summed E-state index contributed by atoms with van der Waals surface area (Å²) in [6.07, 6.45) is 1.30. The van der Waals surface area contributed by atoms with E-state index in [1.807, 2.05) is 0 Å². The van der Waals surface area contributed by atoms with Crippen molar-refractivity contribution in [2.45, 2.75) is 50.1 Å². The molecule has 112 valence electrons. The molecular formula is C21H23N. The number of hydrogen-bond donors (Lipinski definition) is 0. The van der Waals surface area contributed by atoms with Crippen molar-refractivity contribution in [1.29, 1.82) is 0 Å². The molecule has 2 aliphatic carbocycles. The van der Waals surface area contributed by atoms with Gasteiger partial charge in [-0.2, -0.15) is 0 Å². The van der Waals surface area contributed by atoms with E-state index in [2.05, 4.69) is 67.3 Å². The third kappa shape index (κ3) is 1.53. The Balaban J connectivity index is 1.79. The van der Waals surface area contributed by atoms with Gasteiger partial charge < -0.3 is 0 Å². The molecule has 4 unspecified atom stereocenters. The highest BCUT2D eigenvalue weighted by Gasteiger charge is 2.52. The molecule has 0 radical (unpaired) electrons. The van der Waals surface area contributed by atoms with Crippen LogP contribution in [-0.2, 0) is 0 Å². The van der Waals surface area contributed by atoms with E-state index in [4.69, 9.17) is 0 Å². The number of likely N-dealkylation sites (tertiary alicyclic amines) is 1. The Morgan fingerprint density at radius 3 is 2.14 bits per heavy atom. The number of hydrogen-bond acceptors (Lipinski definition) is 1. The molecule has 5 rings (SSSR count). The summed E-state index contributed by atoms with van der Waals surface area (Å²) < 4.78 is 0. The van der Waals surface area contributed by atoms with Gasteiger partial charge in [-0.05, 0) is 42.5 Å². The molecule has 1 saturated heterocycles. The lowest BCUT2D eigenvalue weighted by molar-refractivity contribution is 0.176. The molecule has 2 aromatic rings. The van der Waals surface area contributed by atoms with Gasteiger partial charge in [0.25, 0.3) is 0 Å². The Kier molecular flexibility index (Phi) is 2.61. The van der Waals surface area contributed by atoms with Crippen molar-refractivity contribution >= 4 is 0 Å².